The van der Waals surface area contributed by atoms with Gasteiger partial charge in [-0.15, -0.1) is 0 Å². The van der Waals surface area contributed by atoms with Crippen LogP contribution in [-0.2, 0) is 11.2 Å². The lowest BCUT2D eigenvalue weighted by molar-refractivity contribution is -0.120. The zero-order chi connectivity index (χ0) is 28.8. The van der Waals surface area contributed by atoms with Crippen molar-refractivity contribution in [1.29, 1.82) is 0 Å². The largest absolute Gasteiger partial charge is 0.496 e. The van der Waals surface area contributed by atoms with Gasteiger partial charge in [-0.2, -0.15) is 0 Å². The molecule has 2 aliphatic rings. The number of aromatic carboxylic acids is 1. The standard InChI is InChI=1S/C33H38BrN3O4/c1-41-31-20-25(28(34)22-27(31)33(39)40)21-32(38)35-37(26-16-14-24(15-17-26)23-10-4-2-5-11-23)30-13-7-6-12-29(30)36-18-8-3-9-19-36/h6-7,12-17,20,22-23H,2-5,8-11,18-19,21H2,1H3,(H,35,38)(H,39,40). The van der Waals surface area contributed by atoms with Crippen LogP contribution in [0.4, 0.5) is 17.1 Å². The fraction of sp³-hybridized carbons (Fsp3) is 0.394. The first kappa shape index (κ1) is 29.0. The van der Waals surface area contributed by atoms with Crippen molar-refractivity contribution >= 4 is 44.9 Å². The molecule has 1 aliphatic carbocycles. The van der Waals surface area contributed by atoms with Gasteiger partial charge in [0.25, 0.3) is 0 Å². The Kier molecular flexibility index (Phi) is 9.49. The van der Waals surface area contributed by atoms with Crippen LogP contribution in [0.2, 0.25) is 0 Å². The normalized spacial score (nSPS) is 15.8. The number of benzene rings is 3. The molecule has 1 heterocycles. The second kappa shape index (κ2) is 13.4. The lowest BCUT2D eigenvalue weighted by Crippen LogP contribution is -2.41. The van der Waals surface area contributed by atoms with E-state index in [1.54, 1.807) is 6.07 Å². The van der Waals surface area contributed by atoms with Crippen LogP contribution in [0.5, 0.6) is 5.75 Å². The Morgan fingerprint density at radius 2 is 1.66 bits per heavy atom. The van der Waals surface area contributed by atoms with Crippen LogP contribution < -0.4 is 20.1 Å². The topological polar surface area (TPSA) is 82.1 Å². The number of hydrogen-bond acceptors (Lipinski definition) is 5. The molecular weight excluding hydrogens is 582 g/mol. The zero-order valence-electron chi connectivity index (χ0n) is 23.6. The predicted molar refractivity (Wildman–Crippen MR) is 166 cm³/mol. The average molecular weight is 621 g/mol. The van der Waals surface area contributed by atoms with Crippen LogP contribution in [0.1, 0.15) is 78.8 Å². The molecule has 41 heavy (non-hydrogen) atoms. The zero-order valence-corrected chi connectivity index (χ0v) is 25.2. The van der Waals surface area contributed by atoms with Gasteiger partial charge in [0.1, 0.15) is 11.3 Å². The summed E-state index contributed by atoms with van der Waals surface area (Å²) in [5.74, 6) is -0.493. The van der Waals surface area contributed by atoms with E-state index in [9.17, 15) is 14.7 Å². The van der Waals surface area contributed by atoms with E-state index in [0.717, 1.165) is 43.0 Å². The molecule has 7 nitrogen and oxygen atoms in total. The number of carboxylic acids is 1. The van der Waals surface area contributed by atoms with E-state index in [1.807, 2.05) is 17.1 Å². The molecule has 0 atom stereocenters. The molecule has 3 aromatic carbocycles. The van der Waals surface area contributed by atoms with Gasteiger partial charge >= 0.3 is 5.97 Å². The van der Waals surface area contributed by atoms with Crippen molar-refractivity contribution in [2.75, 3.05) is 30.1 Å². The molecule has 8 heteroatoms. The number of rotatable bonds is 9. The van der Waals surface area contributed by atoms with Gasteiger partial charge in [-0.05, 0) is 85.5 Å². The highest BCUT2D eigenvalue weighted by Gasteiger charge is 2.23. The molecule has 2 fully saturated rings. The fourth-order valence-corrected chi connectivity index (χ4v) is 6.54. The Bertz CT molecular complexity index is 1370. The SMILES string of the molecule is COc1cc(CC(=O)NN(c2ccc(C3CCCCC3)cc2)c2ccccc2N2CCCCC2)c(Br)cc1C(=O)O. The van der Waals surface area contributed by atoms with Gasteiger partial charge in [-0.3, -0.25) is 15.2 Å². The summed E-state index contributed by atoms with van der Waals surface area (Å²) in [5.41, 5.74) is 8.12. The van der Waals surface area contributed by atoms with Crippen LogP contribution in [0.25, 0.3) is 0 Å². The van der Waals surface area contributed by atoms with Gasteiger partial charge in [-0.25, -0.2) is 4.79 Å². The maximum Gasteiger partial charge on any atom is 0.339 e. The summed E-state index contributed by atoms with van der Waals surface area (Å²) in [6.45, 7) is 1.98. The molecule has 0 aromatic heterocycles. The summed E-state index contributed by atoms with van der Waals surface area (Å²) in [6.07, 6.45) is 9.94. The number of piperidine rings is 1. The van der Waals surface area contributed by atoms with Gasteiger partial charge in [0, 0.05) is 17.6 Å². The average Bonchev–Trinajstić information content (AvgIpc) is 3.01. The van der Waals surface area contributed by atoms with Gasteiger partial charge < -0.3 is 14.7 Å². The van der Waals surface area contributed by atoms with E-state index in [2.05, 4.69) is 62.7 Å². The first-order valence-electron chi connectivity index (χ1n) is 14.6. The lowest BCUT2D eigenvalue weighted by atomic mass is 9.84. The second-order valence-electron chi connectivity index (χ2n) is 11.0. The molecule has 1 aliphatic heterocycles. The van der Waals surface area contributed by atoms with E-state index >= 15 is 0 Å². The molecule has 216 valence electrons. The van der Waals surface area contributed by atoms with Gasteiger partial charge in [0.2, 0.25) is 5.91 Å². The summed E-state index contributed by atoms with van der Waals surface area (Å²) < 4.78 is 5.84. The second-order valence-corrected chi connectivity index (χ2v) is 11.8. The first-order chi connectivity index (χ1) is 19.9. The van der Waals surface area contributed by atoms with E-state index in [4.69, 9.17) is 4.74 Å². The smallest absolute Gasteiger partial charge is 0.339 e. The van der Waals surface area contributed by atoms with Crippen molar-refractivity contribution in [1.82, 2.24) is 5.43 Å². The molecule has 0 bridgehead atoms. The van der Waals surface area contributed by atoms with Crippen LogP contribution in [0.3, 0.4) is 0 Å². The number of ether oxygens (including phenoxy) is 1. The molecule has 2 N–H and O–H groups in total. The number of halogens is 1. The minimum Gasteiger partial charge on any atom is -0.496 e. The first-order valence-corrected chi connectivity index (χ1v) is 15.4. The van der Waals surface area contributed by atoms with E-state index < -0.39 is 5.97 Å². The summed E-state index contributed by atoms with van der Waals surface area (Å²) >= 11 is 3.45. The summed E-state index contributed by atoms with van der Waals surface area (Å²) in [6, 6.07) is 20.0. The number of carbonyl (C=O) groups excluding carboxylic acids is 1. The third-order valence-corrected chi connectivity index (χ3v) is 8.97. The van der Waals surface area contributed by atoms with Gasteiger partial charge in [0.15, 0.2) is 0 Å². The van der Waals surface area contributed by atoms with Crippen LogP contribution in [0.15, 0.2) is 65.1 Å². The van der Waals surface area contributed by atoms with Crippen LogP contribution in [-0.4, -0.2) is 37.2 Å². The Morgan fingerprint density at radius 3 is 2.34 bits per heavy atom. The van der Waals surface area contributed by atoms with Crippen molar-refractivity contribution in [2.24, 2.45) is 0 Å². The van der Waals surface area contributed by atoms with Crippen molar-refractivity contribution in [2.45, 2.75) is 63.7 Å². The highest BCUT2D eigenvalue weighted by Crippen LogP contribution is 2.37. The Balaban J connectivity index is 1.46. The molecule has 0 unspecified atom stereocenters. The number of carbonyl (C=O) groups is 2. The third-order valence-electron chi connectivity index (χ3n) is 8.23. The van der Waals surface area contributed by atoms with Crippen molar-refractivity contribution in [3.8, 4) is 5.75 Å². The van der Waals surface area contributed by atoms with E-state index in [0.29, 0.717) is 16.0 Å². The number of nitrogens with zero attached hydrogens (tertiary/aromatic N) is 2. The van der Waals surface area contributed by atoms with Crippen molar-refractivity contribution in [3.05, 3.63) is 81.8 Å². The lowest BCUT2D eigenvalue weighted by Gasteiger charge is -2.34. The predicted octanol–water partition coefficient (Wildman–Crippen LogP) is 7.61. The Hall–Kier alpha value is -3.52. The minimum atomic E-state index is -1.09. The Labute approximate surface area is 250 Å². The monoisotopic (exact) mass is 619 g/mol. The molecular formula is C33H38BrN3O4. The van der Waals surface area contributed by atoms with Gasteiger partial charge in [0.05, 0.1) is 30.6 Å². The number of carboxylic acid groups (broad SMARTS) is 1. The van der Waals surface area contributed by atoms with Gasteiger partial charge in [-0.1, -0.05) is 59.5 Å². The molecule has 3 aromatic rings. The highest BCUT2D eigenvalue weighted by atomic mass is 79.9. The number of anilines is 3. The number of hydrazine groups is 1. The molecule has 1 saturated carbocycles. The van der Waals surface area contributed by atoms with Crippen LogP contribution >= 0.6 is 15.9 Å². The highest BCUT2D eigenvalue weighted by molar-refractivity contribution is 9.10. The van der Waals surface area contributed by atoms with Crippen molar-refractivity contribution in [3.63, 3.8) is 0 Å². The summed E-state index contributed by atoms with van der Waals surface area (Å²) in [7, 11) is 1.43. The van der Waals surface area contributed by atoms with E-state index in [-0.39, 0.29) is 23.6 Å². The number of para-hydroxylation sites is 2. The van der Waals surface area contributed by atoms with Crippen molar-refractivity contribution < 1.29 is 19.4 Å². The number of hydrogen-bond donors (Lipinski definition) is 2. The van der Waals surface area contributed by atoms with Crippen LogP contribution in [0, 0.1) is 0 Å². The summed E-state index contributed by atoms with van der Waals surface area (Å²) in [5, 5.41) is 11.4. The molecule has 0 radical (unpaired) electrons. The molecule has 0 spiro atoms. The molecule has 1 saturated heterocycles. The maximum absolute atomic E-state index is 13.6. The number of amides is 1. The quantitative estimate of drug-likeness (QED) is 0.240. The number of nitrogens with one attached hydrogen (secondary N) is 1. The maximum atomic E-state index is 13.6. The Morgan fingerprint density at radius 1 is 0.976 bits per heavy atom. The molecule has 5 rings (SSSR count). The summed E-state index contributed by atoms with van der Waals surface area (Å²) in [4.78, 5) is 27.6. The minimum absolute atomic E-state index is 0.0404. The third kappa shape index (κ3) is 6.87. The molecule has 1 amide bonds. The van der Waals surface area contributed by atoms with E-state index in [1.165, 1.54) is 57.3 Å². The number of methoxy groups -OCH3 is 1. The fourth-order valence-electron chi connectivity index (χ4n) is 6.05.